The summed E-state index contributed by atoms with van der Waals surface area (Å²) < 4.78 is 5.35. The molecule has 0 spiro atoms. The zero-order valence-electron chi connectivity index (χ0n) is 14.4. The Morgan fingerprint density at radius 3 is 2.79 bits per heavy atom. The van der Waals surface area contributed by atoms with E-state index < -0.39 is 0 Å². The molecule has 1 aromatic rings. The van der Waals surface area contributed by atoms with Gasteiger partial charge in [0.1, 0.15) is 5.69 Å². The van der Waals surface area contributed by atoms with Crippen molar-refractivity contribution in [3.8, 4) is 0 Å². The largest absolute Gasteiger partial charge is 0.379 e. The van der Waals surface area contributed by atoms with E-state index in [-0.39, 0.29) is 5.91 Å². The maximum Gasteiger partial charge on any atom is 0.270 e. The van der Waals surface area contributed by atoms with Crippen LogP contribution >= 0.6 is 0 Å². The lowest BCUT2D eigenvalue weighted by molar-refractivity contribution is 0.0398. The van der Waals surface area contributed by atoms with Crippen LogP contribution < -0.4 is 10.6 Å². The number of carbonyl (C=O) groups excluding carboxylic acids is 1. The number of anilines is 1. The number of hydrogen-bond donors (Lipinski definition) is 2. The molecule has 1 aliphatic heterocycles. The van der Waals surface area contributed by atoms with Crippen molar-refractivity contribution in [2.75, 3.05) is 44.7 Å². The number of nitrogens with one attached hydrogen (secondary N) is 2. The Morgan fingerprint density at radius 2 is 2.04 bits per heavy atom. The van der Waals surface area contributed by atoms with E-state index in [2.05, 4.69) is 25.5 Å². The van der Waals surface area contributed by atoms with E-state index in [9.17, 15) is 4.79 Å². The minimum absolute atomic E-state index is 0.0939. The molecule has 24 heavy (non-hydrogen) atoms. The molecule has 1 aromatic heterocycles. The van der Waals surface area contributed by atoms with Crippen molar-refractivity contribution in [2.24, 2.45) is 0 Å². The van der Waals surface area contributed by atoms with Crippen molar-refractivity contribution in [1.82, 2.24) is 20.2 Å². The third-order valence-corrected chi connectivity index (χ3v) is 4.59. The van der Waals surface area contributed by atoms with Gasteiger partial charge in [-0.3, -0.25) is 9.69 Å². The molecule has 2 fully saturated rings. The highest BCUT2D eigenvalue weighted by Gasteiger charge is 2.19. The van der Waals surface area contributed by atoms with E-state index in [1.807, 2.05) is 6.92 Å². The molecule has 7 heteroatoms. The summed E-state index contributed by atoms with van der Waals surface area (Å²) in [6.07, 6.45) is 4.53. The molecule has 0 unspecified atom stereocenters. The number of aryl methyl sites for hydroxylation is 1. The third kappa shape index (κ3) is 4.88. The minimum Gasteiger partial charge on any atom is -0.379 e. The first-order valence-corrected chi connectivity index (χ1v) is 8.91. The van der Waals surface area contributed by atoms with Gasteiger partial charge in [0.05, 0.1) is 13.2 Å². The maximum absolute atomic E-state index is 12.4. The zero-order chi connectivity index (χ0) is 16.8. The third-order valence-electron chi connectivity index (χ3n) is 4.59. The van der Waals surface area contributed by atoms with Crippen molar-refractivity contribution in [3.63, 3.8) is 0 Å². The average Bonchev–Trinajstić information content (AvgIpc) is 3.08. The smallest absolute Gasteiger partial charge is 0.270 e. The Labute approximate surface area is 143 Å². The molecule has 1 amide bonds. The SMILES string of the molecule is Cc1cc(C(=O)NC2CCCC2)nc(NCCN2CCOCC2)n1. The summed E-state index contributed by atoms with van der Waals surface area (Å²) in [5, 5.41) is 6.32. The molecule has 0 aromatic carbocycles. The van der Waals surface area contributed by atoms with Crippen LogP contribution in [0, 0.1) is 6.92 Å². The molecule has 2 N–H and O–H groups in total. The standard InChI is InChI=1S/C17H27N5O2/c1-13-12-15(16(23)20-14-4-2-3-5-14)21-17(19-13)18-6-7-22-8-10-24-11-9-22/h12,14H,2-11H2,1H3,(H,20,23)(H,18,19,21). The number of hydrogen-bond acceptors (Lipinski definition) is 6. The highest BCUT2D eigenvalue weighted by molar-refractivity contribution is 5.92. The van der Waals surface area contributed by atoms with Crippen molar-refractivity contribution in [2.45, 2.75) is 38.6 Å². The number of carbonyl (C=O) groups is 1. The summed E-state index contributed by atoms with van der Waals surface area (Å²) in [6.45, 7) is 7.09. The minimum atomic E-state index is -0.0939. The van der Waals surface area contributed by atoms with E-state index in [1.54, 1.807) is 6.07 Å². The first-order valence-electron chi connectivity index (χ1n) is 8.91. The molecule has 7 nitrogen and oxygen atoms in total. The van der Waals surface area contributed by atoms with Crippen LogP contribution in [-0.2, 0) is 4.74 Å². The molecule has 132 valence electrons. The van der Waals surface area contributed by atoms with Gasteiger partial charge >= 0.3 is 0 Å². The Bertz CT molecular complexity index is 554. The van der Waals surface area contributed by atoms with Gasteiger partial charge in [0.15, 0.2) is 0 Å². The number of rotatable bonds is 6. The number of ether oxygens (including phenoxy) is 1. The summed E-state index contributed by atoms with van der Waals surface area (Å²) >= 11 is 0. The number of morpholine rings is 1. The average molecular weight is 333 g/mol. The van der Waals surface area contributed by atoms with Gasteiger partial charge in [-0.15, -0.1) is 0 Å². The van der Waals surface area contributed by atoms with Gasteiger partial charge in [0.2, 0.25) is 5.95 Å². The van der Waals surface area contributed by atoms with Gasteiger partial charge in [0, 0.05) is 37.9 Å². The predicted octanol–water partition coefficient (Wildman–Crippen LogP) is 1.20. The van der Waals surface area contributed by atoms with Gasteiger partial charge in [0.25, 0.3) is 5.91 Å². The quantitative estimate of drug-likeness (QED) is 0.814. The number of aromatic nitrogens is 2. The predicted molar refractivity (Wildman–Crippen MR) is 92.2 cm³/mol. The fourth-order valence-electron chi connectivity index (χ4n) is 3.24. The number of amides is 1. The Balaban J connectivity index is 1.53. The monoisotopic (exact) mass is 333 g/mol. The van der Waals surface area contributed by atoms with Crippen LogP contribution in [0.3, 0.4) is 0 Å². The summed E-state index contributed by atoms with van der Waals surface area (Å²) in [4.78, 5) is 23.5. The van der Waals surface area contributed by atoms with E-state index in [0.29, 0.717) is 17.7 Å². The molecule has 0 atom stereocenters. The first-order chi connectivity index (χ1) is 11.7. The van der Waals surface area contributed by atoms with Crippen LogP contribution in [0.4, 0.5) is 5.95 Å². The Kier molecular flexibility index (Phi) is 5.98. The van der Waals surface area contributed by atoms with Crippen molar-refractivity contribution < 1.29 is 9.53 Å². The molecular formula is C17H27N5O2. The maximum atomic E-state index is 12.4. The molecule has 1 saturated heterocycles. The van der Waals surface area contributed by atoms with Gasteiger partial charge in [-0.25, -0.2) is 9.97 Å². The number of nitrogens with zero attached hydrogens (tertiary/aromatic N) is 3. The fourth-order valence-corrected chi connectivity index (χ4v) is 3.24. The summed E-state index contributed by atoms with van der Waals surface area (Å²) in [5.41, 5.74) is 1.25. The van der Waals surface area contributed by atoms with Crippen molar-refractivity contribution >= 4 is 11.9 Å². The zero-order valence-corrected chi connectivity index (χ0v) is 14.4. The molecule has 0 bridgehead atoms. The lowest BCUT2D eigenvalue weighted by Gasteiger charge is -2.26. The van der Waals surface area contributed by atoms with Crippen molar-refractivity contribution in [1.29, 1.82) is 0 Å². The van der Waals surface area contributed by atoms with Gasteiger partial charge < -0.3 is 15.4 Å². The highest BCUT2D eigenvalue weighted by atomic mass is 16.5. The van der Waals surface area contributed by atoms with Gasteiger partial charge in [-0.2, -0.15) is 0 Å². The lowest BCUT2D eigenvalue weighted by atomic mass is 10.2. The van der Waals surface area contributed by atoms with Crippen LogP contribution in [0.1, 0.15) is 41.9 Å². The Hall–Kier alpha value is -1.73. The van der Waals surface area contributed by atoms with E-state index >= 15 is 0 Å². The molecule has 2 aliphatic rings. The highest BCUT2D eigenvalue weighted by Crippen LogP contribution is 2.18. The topological polar surface area (TPSA) is 79.4 Å². The molecule has 2 heterocycles. The van der Waals surface area contributed by atoms with Gasteiger partial charge in [-0.1, -0.05) is 12.8 Å². The summed E-state index contributed by atoms with van der Waals surface area (Å²) in [6, 6.07) is 2.04. The second-order valence-electron chi connectivity index (χ2n) is 6.55. The molecular weight excluding hydrogens is 306 g/mol. The van der Waals surface area contributed by atoms with Crippen LogP contribution in [0.25, 0.3) is 0 Å². The van der Waals surface area contributed by atoms with Crippen LogP contribution in [0.5, 0.6) is 0 Å². The first kappa shape index (κ1) is 17.1. The van der Waals surface area contributed by atoms with Crippen LogP contribution in [-0.4, -0.2) is 66.2 Å². The van der Waals surface area contributed by atoms with Crippen LogP contribution in [0.2, 0.25) is 0 Å². The summed E-state index contributed by atoms with van der Waals surface area (Å²) in [5.74, 6) is 0.434. The Morgan fingerprint density at radius 1 is 1.29 bits per heavy atom. The second-order valence-corrected chi connectivity index (χ2v) is 6.55. The van der Waals surface area contributed by atoms with Crippen LogP contribution in [0.15, 0.2) is 6.07 Å². The second kappa shape index (κ2) is 8.39. The summed E-state index contributed by atoms with van der Waals surface area (Å²) in [7, 11) is 0. The van der Waals surface area contributed by atoms with E-state index in [0.717, 1.165) is 57.9 Å². The molecule has 1 saturated carbocycles. The van der Waals surface area contributed by atoms with E-state index in [1.165, 1.54) is 12.8 Å². The molecule has 3 rings (SSSR count). The molecule has 1 aliphatic carbocycles. The van der Waals surface area contributed by atoms with Gasteiger partial charge in [-0.05, 0) is 25.8 Å². The van der Waals surface area contributed by atoms with E-state index in [4.69, 9.17) is 4.74 Å². The molecule has 0 radical (unpaired) electrons. The normalized spacial score (nSPS) is 19.4. The lowest BCUT2D eigenvalue weighted by Crippen LogP contribution is -2.39. The van der Waals surface area contributed by atoms with Crippen molar-refractivity contribution in [3.05, 3.63) is 17.5 Å². The fraction of sp³-hybridized carbons (Fsp3) is 0.706.